The third-order valence-corrected chi connectivity index (χ3v) is 5.21. The van der Waals surface area contributed by atoms with Crippen molar-refractivity contribution >= 4 is 45.2 Å². The van der Waals surface area contributed by atoms with Gasteiger partial charge in [0, 0.05) is 15.8 Å². The fraction of sp³-hybridized carbons (Fsp3) is 0.500. The molecule has 2 aromatic rings. The monoisotopic (exact) mass is 367 g/mol. The van der Waals surface area contributed by atoms with Gasteiger partial charge in [-0.15, -0.1) is 11.3 Å². The van der Waals surface area contributed by atoms with E-state index in [0.717, 1.165) is 20.8 Å². The standard InChI is InChI=1S/C16H21N3O3S2/c1-9-10(2)24-15-13(9)14(17-8-18-15)23-7-12(21)22-6-11(20)19-16(3,4)5/h8H,6-7H2,1-5H3,(H,19,20). The van der Waals surface area contributed by atoms with Crippen LogP contribution in [0.5, 0.6) is 0 Å². The first-order valence-corrected chi connectivity index (χ1v) is 9.27. The summed E-state index contributed by atoms with van der Waals surface area (Å²) in [4.78, 5) is 34.1. The predicted octanol–water partition coefficient (Wildman–Crippen LogP) is 2.86. The topological polar surface area (TPSA) is 81.2 Å². The molecule has 0 aliphatic carbocycles. The van der Waals surface area contributed by atoms with Crippen LogP contribution in [0, 0.1) is 13.8 Å². The summed E-state index contributed by atoms with van der Waals surface area (Å²) in [5, 5.41) is 4.49. The first kappa shape index (κ1) is 18.7. The Kier molecular flexibility index (Phi) is 5.82. The summed E-state index contributed by atoms with van der Waals surface area (Å²) in [5.74, 6) is -0.654. The number of nitrogens with zero attached hydrogens (tertiary/aromatic N) is 2. The van der Waals surface area contributed by atoms with Crippen LogP contribution in [0.4, 0.5) is 0 Å². The van der Waals surface area contributed by atoms with E-state index in [1.165, 1.54) is 23.0 Å². The van der Waals surface area contributed by atoms with Gasteiger partial charge >= 0.3 is 5.97 Å². The predicted molar refractivity (Wildman–Crippen MR) is 96.5 cm³/mol. The van der Waals surface area contributed by atoms with Gasteiger partial charge in [-0.25, -0.2) is 9.97 Å². The second-order valence-corrected chi connectivity index (χ2v) is 8.56. The normalized spacial score (nSPS) is 11.5. The molecule has 2 heterocycles. The second kappa shape index (κ2) is 7.48. The van der Waals surface area contributed by atoms with E-state index in [-0.39, 0.29) is 23.8 Å². The maximum atomic E-state index is 11.8. The minimum Gasteiger partial charge on any atom is -0.455 e. The van der Waals surface area contributed by atoms with Crippen LogP contribution in [0.1, 0.15) is 31.2 Å². The molecule has 0 saturated heterocycles. The third kappa shape index (κ3) is 4.91. The summed E-state index contributed by atoms with van der Waals surface area (Å²) in [6.07, 6.45) is 1.50. The van der Waals surface area contributed by atoms with Crippen molar-refractivity contribution < 1.29 is 14.3 Å². The number of ether oxygens (including phenoxy) is 1. The molecule has 1 N–H and O–H groups in total. The van der Waals surface area contributed by atoms with Gasteiger partial charge < -0.3 is 10.1 Å². The molecule has 8 heteroatoms. The van der Waals surface area contributed by atoms with Crippen molar-refractivity contribution in [1.29, 1.82) is 0 Å². The van der Waals surface area contributed by atoms with Gasteiger partial charge in [0.2, 0.25) is 0 Å². The molecule has 0 aromatic carbocycles. The first-order valence-electron chi connectivity index (χ1n) is 7.47. The number of amides is 1. The number of aromatic nitrogens is 2. The zero-order chi connectivity index (χ0) is 17.9. The van der Waals surface area contributed by atoms with Crippen molar-refractivity contribution in [3.05, 3.63) is 16.8 Å². The van der Waals surface area contributed by atoms with E-state index in [0.29, 0.717) is 0 Å². The molecule has 0 atom stereocenters. The maximum absolute atomic E-state index is 11.8. The van der Waals surface area contributed by atoms with Gasteiger partial charge in [-0.3, -0.25) is 9.59 Å². The minimum absolute atomic E-state index is 0.100. The molecule has 0 aliphatic rings. The molecule has 130 valence electrons. The molecule has 2 aromatic heterocycles. The molecule has 0 saturated carbocycles. The molecular weight excluding hydrogens is 346 g/mol. The zero-order valence-corrected chi connectivity index (χ0v) is 16.1. The largest absolute Gasteiger partial charge is 0.455 e. The first-order chi connectivity index (χ1) is 11.2. The van der Waals surface area contributed by atoms with Crippen LogP contribution in [0.25, 0.3) is 10.2 Å². The van der Waals surface area contributed by atoms with Crippen LogP contribution in [0.3, 0.4) is 0 Å². The van der Waals surface area contributed by atoms with Crippen LogP contribution in [-0.4, -0.2) is 39.7 Å². The molecule has 1 amide bonds. The van der Waals surface area contributed by atoms with Gasteiger partial charge in [0.25, 0.3) is 5.91 Å². The second-order valence-electron chi connectivity index (χ2n) is 6.39. The summed E-state index contributed by atoms with van der Waals surface area (Å²) in [7, 11) is 0. The molecule has 6 nitrogen and oxygen atoms in total. The Morgan fingerprint density at radius 1 is 1.29 bits per heavy atom. The van der Waals surface area contributed by atoms with Crippen molar-refractivity contribution in [2.75, 3.05) is 12.4 Å². The number of aryl methyl sites for hydroxylation is 2. The molecule has 0 radical (unpaired) electrons. The number of thiophene rings is 1. The Balaban J connectivity index is 1.92. The van der Waals surface area contributed by atoms with Gasteiger partial charge in [-0.2, -0.15) is 0 Å². The Bertz CT molecular complexity index is 766. The number of hydrogen-bond donors (Lipinski definition) is 1. The van der Waals surface area contributed by atoms with Crippen LogP contribution in [0.15, 0.2) is 11.4 Å². The summed E-state index contributed by atoms with van der Waals surface area (Å²) < 4.78 is 5.01. The van der Waals surface area contributed by atoms with Crippen LogP contribution < -0.4 is 5.32 Å². The number of carbonyl (C=O) groups is 2. The quantitative estimate of drug-likeness (QED) is 0.497. The average molecular weight is 367 g/mol. The molecule has 0 unspecified atom stereocenters. The van der Waals surface area contributed by atoms with Gasteiger partial charge in [0.05, 0.1) is 5.75 Å². The smallest absolute Gasteiger partial charge is 0.316 e. The Morgan fingerprint density at radius 2 is 2.00 bits per heavy atom. The van der Waals surface area contributed by atoms with Crippen molar-refractivity contribution in [2.24, 2.45) is 0 Å². The lowest BCUT2D eigenvalue weighted by molar-refractivity contribution is -0.146. The minimum atomic E-state index is -0.444. The van der Waals surface area contributed by atoms with Gasteiger partial charge in [0.1, 0.15) is 16.2 Å². The van der Waals surface area contributed by atoms with E-state index in [2.05, 4.69) is 15.3 Å². The van der Waals surface area contributed by atoms with Crippen molar-refractivity contribution in [1.82, 2.24) is 15.3 Å². The van der Waals surface area contributed by atoms with E-state index in [1.807, 2.05) is 34.6 Å². The van der Waals surface area contributed by atoms with Crippen LogP contribution in [-0.2, 0) is 14.3 Å². The third-order valence-electron chi connectivity index (χ3n) is 3.14. The number of esters is 1. The number of carbonyl (C=O) groups excluding carboxylic acids is 2. The molecule has 24 heavy (non-hydrogen) atoms. The molecule has 0 aliphatic heterocycles. The van der Waals surface area contributed by atoms with Crippen molar-refractivity contribution in [2.45, 2.75) is 45.2 Å². The number of fused-ring (bicyclic) bond motifs is 1. The van der Waals surface area contributed by atoms with E-state index in [4.69, 9.17) is 4.74 Å². The molecule has 0 fully saturated rings. The fourth-order valence-corrected chi connectivity index (χ4v) is 3.94. The van der Waals surface area contributed by atoms with E-state index in [9.17, 15) is 9.59 Å². The highest BCUT2D eigenvalue weighted by molar-refractivity contribution is 8.00. The van der Waals surface area contributed by atoms with Gasteiger partial charge in [-0.1, -0.05) is 11.8 Å². The highest BCUT2D eigenvalue weighted by Gasteiger charge is 2.17. The zero-order valence-electron chi connectivity index (χ0n) is 14.4. The lowest BCUT2D eigenvalue weighted by Crippen LogP contribution is -2.42. The van der Waals surface area contributed by atoms with Crippen molar-refractivity contribution in [3.63, 3.8) is 0 Å². The Labute approximate surface area is 149 Å². The van der Waals surface area contributed by atoms with Crippen LogP contribution >= 0.6 is 23.1 Å². The number of nitrogens with one attached hydrogen (secondary N) is 1. The van der Waals surface area contributed by atoms with Gasteiger partial charge in [0.15, 0.2) is 6.61 Å². The summed E-state index contributed by atoms with van der Waals surface area (Å²) >= 11 is 2.91. The SMILES string of the molecule is Cc1sc2ncnc(SCC(=O)OCC(=O)NC(C)(C)C)c2c1C. The molecular formula is C16H21N3O3S2. The summed E-state index contributed by atoms with van der Waals surface area (Å²) in [6.45, 7) is 9.40. The highest BCUT2D eigenvalue weighted by Crippen LogP contribution is 2.34. The Hall–Kier alpha value is -1.67. The molecule has 0 bridgehead atoms. The fourth-order valence-electron chi connectivity index (χ4n) is 2.03. The van der Waals surface area contributed by atoms with E-state index in [1.54, 1.807) is 11.3 Å². The summed E-state index contributed by atoms with van der Waals surface area (Å²) in [6, 6.07) is 0. The molecule has 0 spiro atoms. The molecule has 2 rings (SSSR count). The number of rotatable bonds is 5. The lowest BCUT2D eigenvalue weighted by atomic mass is 10.1. The highest BCUT2D eigenvalue weighted by atomic mass is 32.2. The number of thioether (sulfide) groups is 1. The average Bonchev–Trinajstić information content (AvgIpc) is 2.77. The van der Waals surface area contributed by atoms with Crippen LogP contribution in [0.2, 0.25) is 0 Å². The van der Waals surface area contributed by atoms with E-state index < -0.39 is 5.97 Å². The van der Waals surface area contributed by atoms with Gasteiger partial charge in [-0.05, 0) is 40.2 Å². The summed E-state index contributed by atoms with van der Waals surface area (Å²) in [5.41, 5.74) is 0.787. The lowest BCUT2D eigenvalue weighted by Gasteiger charge is -2.20. The van der Waals surface area contributed by atoms with Crippen molar-refractivity contribution in [3.8, 4) is 0 Å². The number of hydrogen-bond acceptors (Lipinski definition) is 7. The van der Waals surface area contributed by atoms with E-state index >= 15 is 0 Å². The maximum Gasteiger partial charge on any atom is 0.316 e. The Morgan fingerprint density at radius 3 is 2.67 bits per heavy atom.